The average molecular weight is 276 g/mol. The first-order valence-electron chi connectivity index (χ1n) is 6.01. The summed E-state index contributed by atoms with van der Waals surface area (Å²) in [5, 5.41) is 2.53. The molecule has 20 heavy (non-hydrogen) atoms. The highest BCUT2D eigenvalue weighted by Crippen LogP contribution is 2.17. The van der Waals surface area contributed by atoms with Crippen LogP contribution in [-0.4, -0.2) is 20.0 Å². The molecular weight excluding hydrogens is 262 g/mol. The van der Waals surface area contributed by atoms with Gasteiger partial charge in [0.15, 0.2) is 11.6 Å². The van der Waals surface area contributed by atoms with E-state index in [0.717, 1.165) is 17.8 Å². The summed E-state index contributed by atoms with van der Waals surface area (Å²) in [5.74, 6) is -2.32. The van der Waals surface area contributed by atoms with Crippen LogP contribution < -0.4 is 10.2 Å². The second-order valence-corrected chi connectivity index (χ2v) is 4.53. The lowest BCUT2D eigenvalue weighted by atomic mass is 10.1. The van der Waals surface area contributed by atoms with E-state index >= 15 is 0 Å². The van der Waals surface area contributed by atoms with Crippen LogP contribution in [0.3, 0.4) is 0 Å². The van der Waals surface area contributed by atoms with Gasteiger partial charge in [-0.1, -0.05) is 6.07 Å². The highest BCUT2D eigenvalue weighted by molar-refractivity contribution is 6.04. The van der Waals surface area contributed by atoms with E-state index < -0.39 is 11.6 Å². The van der Waals surface area contributed by atoms with Gasteiger partial charge in [-0.15, -0.1) is 0 Å². The lowest BCUT2D eigenvalue weighted by Gasteiger charge is -2.13. The largest absolute Gasteiger partial charge is 0.378 e. The fourth-order valence-corrected chi connectivity index (χ4v) is 1.70. The van der Waals surface area contributed by atoms with E-state index in [0.29, 0.717) is 5.56 Å². The number of nitrogens with zero attached hydrogens (tertiary/aromatic N) is 1. The first kappa shape index (κ1) is 14.0. The number of anilines is 2. The zero-order chi connectivity index (χ0) is 14.7. The van der Waals surface area contributed by atoms with Crippen molar-refractivity contribution in [2.45, 2.75) is 0 Å². The Hall–Kier alpha value is -2.43. The molecule has 0 radical (unpaired) electrons. The molecule has 0 unspecified atom stereocenters. The predicted octanol–water partition coefficient (Wildman–Crippen LogP) is 3.28. The minimum atomic E-state index is -0.996. The Kier molecular flexibility index (Phi) is 3.98. The second kappa shape index (κ2) is 5.69. The molecule has 2 aromatic rings. The van der Waals surface area contributed by atoms with Gasteiger partial charge in [-0.2, -0.15) is 0 Å². The molecule has 0 saturated carbocycles. The van der Waals surface area contributed by atoms with Gasteiger partial charge in [-0.3, -0.25) is 4.79 Å². The molecule has 0 saturated heterocycles. The van der Waals surface area contributed by atoms with Crippen molar-refractivity contribution in [3.05, 3.63) is 59.7 Å². The lowest BCUT2D eigenvalue weighted by Crippen LogP contribution is -2.14. The van der Waals surface area contributed by atoms with E-state index in [2.05, 4.69) is 5.32 Å². The molecule has 2 aromatic carbocycles. The van der Waals surface area contributed by atoms with Crippen LogP contribution in [0.5, 0.6) is 0 Å². The van der Waals surface area contributed by atoms with Crippen LogP contribution in [0.4, 0.5) is 20.2 Å². The Bertz CT molecular complexity index is 642. The van der Waals surface area contributed by atoms with Crippen molar-refractivity contribution in [1.82, 2.24) is 0 Å². The molecule has 1 N–H and O–H groups in total. The number of carbonyl (C=O) groups is 1. The van der Waals surface area contributed by atoms with Gasteiger partial charge in [0.2, 0.25) is 0 Å². The SMILES string of the molecule is CN(C)c1cccc(C(=O)Nc2ccc(F)c(F)c2)c1. The van der Waals surface area contributed by atoms with Crippen LogP contribution in [0.2, 0.25) is 0 Å². The van der Waals surface area contributed by atoms with Gasteiger partial charge in [-0.05, 0) is 30.3 Å². The number of hydrogen-bond donors (Lipinski definition) is 1. The van der Waals surface area contributed by atoms with Gasteiger partial charge in [0, 0.05) is 37.1 Å². The maximum Gasteiger partial charge on any atom is 0.255 e. The van der Waals surface area contributed by atoms with Crippen LogP contribution in [0.15, 0.2) is 42.5 Å². The molecular formula is C15H14F2N2O. The summed E-state index contributed by atoms with van der Waals surface area (Å²) in [6, 6.07) is 10.2. The molecule has 0 aliphatic rings. The van der Waals surface area contributed by atoms with Crippen molar-refractivity contribution >= 4 is 17.3 Å². The number of amides is 1. The molecule has 0 fully saturated rings. The van der Waals surface area contributed by atoms with Gasteiger partial charge in [0.25, 0.3) is 5.91 Å². The van der Waals surface area contributed by atoms with Crippen LogP contribution >= 0.6 is 0 Å². The fraction of sp³-hybridized carbons (Fsp3) is 0.133. The summed E-state index contributed by atoms with van der Waals surface area (Å²) in [4.78, 5) is 13.9. The average Bonchev–Trinajstić information content (AvgIpc) is 2.43. The molecule has 0 bridgehead atoms. The molecule has 3 nitrogen and oxygen atoms in total. The monoisotopic (exact) mass is 276 g/mol. The number of nitrogens with one attached hydrogen (secondary N) is 1. The van der Waals surface area contributed by atoms with Crippen LogP contribution in [0.1, 0.15) is 10.4 Å². The first-order valence-corrected chi connectivity index (χ1v) is 6.01. The van der Waals surface area contributed by atoms with Crippen LogP contribution in [0, 0.1) is 11.6 Å². The molecule has 5 heteroatoms. The van der Waals surface area contributed by atoms with Gasteiger partial charge in [-0.25, -0.2) is 8.78 Å². The third-order valence-corrected chi connectivity index (χ3v) is 2.80. The lowest BCUT2D eigenvalue weighted by molar-refractivity contribution is 0.102. The van der Waals surface area contributed by atoms with E-state index in [1.807, 2.05) is 25.1 Å². The molecule has 0 aliphatic heterocycles. The minimum absolute atomic E-state index is 0.212. The second-order valence-electron chi connectivity index (χ2n) is 4.53. The minimum Gasteiger partial charge on any atom is -0.378 e. The van der Waals surface area contributed by atoms with Gasteiger partial charge >= 0.3 is 0 Å². The number of hydrogen-bond acceptors (Lipinski definition) is 2. The molecule has 0 aliphatic carbocycles. The van der Waals surface area contributed by atoms with E-state index in [1.54, 1.807) is 18.2 Å². The highest BCUT2D eigenvalue weighted by Gasteiger charge is 2.09. The van der Waals surface area contributed by atoms with Crippen molar-refractivity contribution in [3.8, 4) is 0 Å². The molecule has 0 atom stereocenters. The van der Waals surface area contributed by atoms with E-state index in [9.17, 15) is 13.6 Å². The third-order valence-electron chi connectivity index (χ3n) is 2.80. The zero-order valence-corrected chi connectivity index (χ0v) is 11.2. The summed E-state index contributed by atoms with van der Waals surface area (Å²) < 4.78 is 25.9. The normalized spacial score (nSPS) is 10.2. The Morgan fingerprint density at radius 2 is 1.80 bits per heavy atom. The Balaban J connectivity index is 2.19. The highest BCUT2D eigenvalue weighted by atomic mass is 19.2. The Morgan fingerprint density at radius 1 is 1.05 bits per heavy atom. The molecule has 0 heterocycles. The Morgan fingerprint density at radius 3 is 2.45 bits per heavy atom. The number of halogens is 2. The Labute approximate surface area is 115 Å². The first-order chi connectivity index (χ1) is 9.47. The summed E-state index contributed by atoms with van der Waals surface area (Å²) in [5.41, 5.74) is 1.54. The molecule has 2 rings (SSSR count). The molecule has 104 valence electrons. The number of carbonyl (C=O) groups excluding carboxylic acids is 1. The molecule has 0 spiro atoms. The van der Waals surface area contributed by atoms with Gasteiger partial charge < -0.3 is 10.2 Å². The standard InChI is InChI=1S/C15H14F2N2O/c1-19(2)12-5-3-4-10(8-12)15(20)18-11-6-7-13(16)14(17)9-11/h3-9H,1-2H3,(H,18,20). The van der Waals surface area contributed by atoms with Crippen LogP contribution in [-0.2, 0) is 0 Å². The maximum absolute atomic E-state index is 13.1. The topological polar surface area (TPSA) is 32.3 Å². The van der Waals surface area contributed by atoms with Crippen molar-refractivity contribution in [2.24, 2.45) is 0 Å². The number of rotatable bonds is 3. The summed E-state index contributed by atoms with van der Waals surface area (Å²) >= 11 is 0. The van der Waals surface area contributed by atoms with E-state index in [1.165, 1.54) is 6.07 Å². The third kappa shape index (κ3) is 3.12. The zero-order valence-electron chi connectivity index (χ0n) is 11.2. The quantitative estimate of drug-likeness (QED) is 0.933. The summed E-state index contributed by atoms with van der Waals surface area (Å²) in [6.07, 6.45) is 0. The van der Waals surface area contributed by atoms with E-state index in [-0.39, 0.29) is 11.6 Å². The van der Waals surface area contributed by atoms with Crippen molar-refractivity contribution < 1.29 is 13.6 Å². The number of benzene rings is 2. The smallest absolute Gasteiger partial charge is 0.255 e. The maximum atomic E-state index is 13.1. The predicted molar refractivity (Wildman–Crippen MR) is 75.1 cm³/mol. The van der Waals surface area contributed by atoms with Crippen molar-refractivity contribution in [2.75, 3.05) is 24.3 Å². The fourth-order valence-electron chi connectivity index (χ4n) is 1.70. The van der Waals surface area contributed by atoms with Gasteiger partial charge in [0.05, 0.1) is 0 Å². The van der Waals surface area contributed by atoms with Crippen molar-refractivity contribution in [3.63, 3.8) is 0 Å². The summed E-state index contributed by atoms with van der Waals surface area (Å²) in [6.45, 7) is 0. The van der Waals surface area contributed by atoms with Gasteiger partial charge in [0.1, 0.15) is 0 Å². The summed E-state index contributed by atoms with van der Waals surface area (Å²) in [7, 11) is 3.73. The van der Waals surface area contributed by atoms with Crippen molar-refractivity contribution in [1.29, 1.82) is 0 Å². The molecule has 1 amide bonds. The van der Waals surface area contributed by atoms with E-state index in [4.69, 9.17) is 0 Å². The molecule has 0 aromatic heterocycles. The van der Waals surface area contributed by atoms with Crippen LogP contribution in [0.25, 0.3) is 0 Å².